The summed E-state index contributed by atoms with van der Waals surface area (Å²) in [5, 5.41) is 8.01. The van der Waals surface area contributed by atoms with Gasteiger partial charge in [0.15, 0.2) is 5.96 Å². The number of rotatable bonds is 4. The molecule has 0 aromatic heterocycles. The zero-order chi connectivity index (χ0) is 18.6. The predicted octanol–water partition coefficient (Wildman–Crippen LogP) is 4.03. The van der Waals surface area contributed by atoms with Crippen molar-refractivity contribution in [3.05, 3.63) is 65.2 Å². The number of hydrogen-bond acceptors (Lipinski definition) is 2. The minimum atomic E-state index is 0.444. The number of nitrogens with zero attached hydrogens (tertiary/aromatic N) is 2. The minimum Gasteiger partial charge on any atom is -0.371 e. The third kappa shape index (κ3) is 4.56. The van der Waals surface area contributed by atoms with Gasteiger partial charge >= 0.3 is 0 Å². The van der Waals surface area contributed by atoms with E-state index in [0.717, 1.165) is 43.3 Å². The van der Waals surface area contributed by atoms with Crippen molar-refractivity contribution in [2.75, 3.05) is 25.0 Å². The monoisotopic (exact) mass is 382 g/mol. The maximum Gasteiger partial charge on any atom is 0.191 e. The van der Waals surface area contributed by atoms with E-state index >= 15 is 0 Å². The summed E-state index contributed by atoms with van der Waals surface area (Å²) in [6, 6.07) is 19.8. The van der Waals surface area contributed by atoms with Crippen LogP contribution in [0.2, 0.25) is 5.02 Å². The lowest BCUT2D eigenvalue weighted by molar-refractivity contribution is 0.461. The molecule has 2 atom stereocenters. The lowest BCUT2D eigenvalue weighted by Crippen LogP contribution is -2.49. The minimum absolute atomic E-state index is 0.444. The van der Waals surface area contributed by atoms with Gasteiger partial charge in [-0.15, -0.1) is 0 Å². The molecule has 1 heterocycles. The topological polar surface area (TPSA) is 39.7 Å². The first-order chi connectivity index (χ1) is 13.2. The molecule has 2 fully saturated rings. The summed E-state index contributed by atoms with van der Waals surface area (Å²) in [5.41, 5.74) is 2.63. The van der Waals surface area contributed by atoms with Crippen LogP contribution < -0.4 is 15.5 Å². The molecular formula is C22H27ClN4. The van der Waals surface area contributed by atoms with Gasteiger partial charge in [0.25, 0.3) is 0 Å². The Bertz CT molecular complexity index is 784. The van der Waals surface area contributed by atoms with Gasteiger partial charge in [-0.1, -0.05) is 41.9 Å². The summed E-state index contributed by atoms with van der Waals surface area (Å²) >= 11 is 6.12. The molecule has 0 amide bonds. The van der Waals surface area contributed by atoms with Gasteiger partial charge in [0.2, 0.25) is 0 Å². The van der Waals surface area contributed by atoms with Crippen molar-refractivity contribution in [3.63, 3.8) is 0 Å². The van der Waals surface area contributed by atoms with Crippen LogP contribution in [0, 0.1) is 0 Å². The second-order valence-electron chi connectivity index (χ2n) is 7.46. The SMILES string of the molecule is CN=C(NC1CCN(c2ccccc2)CC1)NC1CC1c1cccc(Cl)c1. The molecule has 142 valence electrons. The Kier molecular flexibility index (Phi) is 5.53. The molecule has 4 rings (SSSR count). The van der Waals surface area contributed by atoms with Gasteiger partial charge in [0, 0.05) is 48.8 Å². The Labute approximate surface area is 166 Å². The molecule has 1 saturated heterocycles. The highest BCUT2D eigenvalue weighted by Gasteiger charge is 2.39. The summed E-state index contributed by atoms with van der Waals surface area (Å²) in [7, 11) is 1.85. The number of para-hydroxylation sites is 1. The Morgan fingerprint density at radius 2 is 1.81 bits per heavy atom. The summed E-state index contributed by atoms with van der Waals surface area (Å²) in [6.07, 6.45) is 3.38. The van der Waals surface area contributed by atoms with Crippen molar-refractivity contribution in [2.45, 2.75) is 37.3 Å². The molecule has 2 N–H and O–H groups in total. The average Bonchev–Trinajstić information content (AvgIpc) is 3.48. The van der Waals surface area contributed by atoms with Crippen molar-refractivity contribution in [1.29, 1.82) is 0 Å². The van der Waals surface area contributed by atoms with E-state index in [1.807, 2.05) is 19.2 Å². The quantitative estimate of drug-likeness (QED) is 0.619. The van der Waals surface area contributed by atoms with E-state index in [0.29, 0.717) is 18.0 Å². The number of hydrogen-bond donors (Lipinski definition) is 2. The van der Waals surface area contributed by atoms with E-state index in [1.54, 1.807) is 0 Å². The number of aliphatic imine (C=N–C) groups is 1. The fourth-order valence-electron chi connectivity index (χ4n) is 3.92. The van der Waals surface area contributed by atoms with Crippen molar-refractivity contribution in [1.82, 2.24) is 10.6 Å². The van der Waals surface area contributed by atoms with Gasteiger partial charge in [0.05, 0.1) is 0 Å². The average molecular weight is 383 g/mol. The van der Waals surface area contributed by atoms with Crippen molar-refractivity contribution >= 4 is 23.2 Å². The molecular weight excluding hydrogens is 356 g/mol. The van der Waals surface area contributed by atoms with Crippen LogP contribution in [0.5, 0.6) is 0 Å². The smallest absolute Gasteiger partial charge is 0.191 e. The molecule has 2 aliphatic rings. The standard InChI is InChI=1S/C22H27ClN4/c1-24-22(26-21-15-20(21)16-6-5-7-17(23)14-16)25-18-10-12-27(13-11-18)19-8-3-2-4-9-19/h2-9,14,18,20-21H,10-13,15H2,1H3,(H2,24,25,26). The van der Waals surface area contributed by atoms with Crippen LogP contribution in [-0.2, 0) is 0 Å². The van der Waals surface area contributed by atoms with Crippen LogP contribution in [-0.4, -0.2) is 38.2 Å². The third-order valence-electron chi connectivity index (χ3n) is 5.57. The van der Waals surface area contributed by atoms with Gasteiger partial charge in [-0.25, -0.2) is 0 Å². The summed E-state index contributed by atoms with van der Waals surface area (Å²) < 4.78 is 0. The highest BCUT2D eigenvalue weighted by Crippen LogP contribution is 2.41. The lowest BCUT2D eigenvalue weighted by Gasteiger charge is -2.34. The van der Waals surface area contributed by atoms with Gasteiger partial charge in [-0.3, -0.25) is 4.99 Å². The largest absolute Gasteiger partial charge is 0.371 e. The number of nitrogens with one attached hydrogen (secondary N) is 2. The number of piperidine rings is 1. The second-order valence-corrected chi connectivity index (χ2v) is 7.90. The first-order valence-electron chi connectivity index (χ1n) is 9.78. The Morgan fingerprint density at radius 1 is 1.04 bits per heavy atom. The van der Waals surface area contributed by atoms with E-state index < -0.39 is 0 Å². The summed E-state index contributed by atoms with van der Waals surface area (Å²) in [5.74, 6) is 1.45. The molecule has 1 aliphatic carbocycles. The zero-order valence-corrected chi connectivity index (χ0v) is 16.5. The van der Waals surface area contributed by atoms with Crippen LogP contribution in [0.1, 0.15) is 30.7 Å². The number of halogens is 1. The third-order valence-corrected chi connectivity index (χ3v) is 5.81. The molecule has 27 heavy (non-hydrogen) atoms. The van der Waals surface area contributed by atoms with Gasteiger partial charge in [0.1, 0.15) is 0 Å². The Balaban J connectivity index is 1.26. The second kappa shape index (κ2) is 8.22. The van der Waals surface area contributed by atoms with Crippen molar-refractivity contribution in [3.8, 4) is 0 Å². The molecule has 0 bridgehead atoms. The number of anilines is 1. The molecule has 2 aromatic carbocycles. The van der Waals surface area contributed by atoms with Crippen LogP contribution in [0.3, 0.4) is 0 Å². The lowest BCUT2D eigenvalue weighted by atomic mass is 10.0. The van der Waals surface area contributed by atoms with Gasteiger partial charge < -0.3 is 15.5 Å². The zero-order valence-electron chi connectivity index (χ0n) is 15.7. The van der Waals surface area contributed by atoms with Crippen LogP contribution >= 0.6 is 11.6 Å². The molecule has 0 radical (unpaired) electrons. The summed E-state index contributed by atoms with van der Waals surface area (Å²) in [6.45, 7) is 2.15. The van der Waals surface area contributed by atoms with Gasteiger partial charge in [-0.2, -0.15) is 0 Å². The van der Waals surface area contributed by atoms with Crippen molar-refractivity contribution in [2.24, 2.45) is 4.99 Å². The van der Waals surface area contributed by atoms with E-state index in [1.165, 1.54) is 11.3 Å². The first kappa shape index (κ1) is 18.2. The summed E-state index contributed by atoms with van der Waals surface area (Å²) in [4.78, 5) is 6.90. The van der Waals surface area contributed by atoms with Crippen LogP contribution in [0.15, 0.2) is 59.6 Å². The highest BCUT2D eigenvalue weighted by atomic mass is 35.5. The van der Waals surface area contributed by atoms with Crippen LogP contribution in [0.4, 0.5) is 5.69 Å². The number of guanidine groups is 1. The Morgan fingerprint density at radius 3 is 2.52 bits per heavy atom. The van der Waals surface area contributed by atoms with Crippen LogP contribution in [0.25, 0.3) is 0 Å². The maximum atomic E-state index is 6.12. The van der Waals surface area contributed by atoms with Crippen molar-refractivity contribution < 1.29 is 0 Å². The van der Waals surface area contributed by atoms with E-state index in [2.05, 4.69) is 63.0 Å². The number of benzene rings is 2. The molecule has 5 heteroatoms. The molecule has 2 unspecified atom stereocenters. The van der Waals surface area contributed by atoms with E-state index in [9.17, 15) is 0 Å². The normalized spacial score (nSPS) is 23.2. The van der Waals surface area contributed by atoms with Gasteiger partial charge in [-0.05, 0) is 49.1 Å². The first-order valence-corrected chi connectivity index (χ1v) is 10.2. The maximum absolute atomic E-state index is 6.12. The molecule has 1 aliphatic heterocycles. The Hall–Kier alpha value is -2.20. The molecule has 2 aromatic rings. The highest BCUT2D eigenvalue weighted by molar-refractivity contribution is 6.30. The molecule has 1 saturated carbocycles. The van der Waals surface area contributed by atoms with E-state index in [-0.39, 0.29) is 0 Å². The fourth-order valence-corrected chi connectivity index (χ4v) is 4.12. The van der Waals surface area contributed by atoms with E-state index in [4.69, 9.17) is 11.6 Å². The predicted molar refractivity (Wildman–Crippen MR) is 114 cm³/mol. The fraction of sp³-hybridized carbons (Fsp3) is 0.409. The molecule has 4 nitrogen and oxygen atoms in total. The molecule has 0 spiro atoms.